The maximum Gasteiger partial charge on any atom is 0.256 e. The molecule has 1 aliphatic rings. The van der Waals surface area contributed by atoms with E-state index in [9.17, 15) is 4.79 Å². The van der Waals surface area contributed by atoms with Crippen LogP contribution < -0.4 is 5.32 Å². The van der Waals surface area contributed by atoms with Gasteiger partial charge < -0.3 is 19.5 Å². The van der Waals surface area contributed by atoms with Crippen LogP contribution in [0.4, 0.5) is 5.82 Å². The fourth-order valence-electron chi connectivity index (χ4n) is 6.10. The molecule has 7 rings (SSSR count). The van der Waals surface area contributed by atoms with Gasteiger partial charge in [0, 0.05) is 5.56 Å². The molecule has 0 unspecified atom stereocenters. The zero-order valence-corrected chi connectivity index (χ0v) is 25.9. The summed E-state index contributed by atoms with van der Waals surface area (Å²) in [6, 6.07) is 43.7. The topological polar surface area (TPSA) is 87.0 Å². The third-order valence-electron chi connectivity index (χ3n) is 8.48. The molecule has 47 heavy (non-hydrogen) atoms. The first-order chi connectivity index (χ1) is 23.2. The molecule has 3 heterocycles. The van der Waals surface area contributed by atoms with Crippen LogP contribution in [0.5, 0.6) is 0 Å². The van der Waals surface area contributed by atoms with Crippen molar-refractivity contribution in [1.82, 2.24) is 14.6 Å². The zero-order valence-electron chi connectivity index (χ0n) is 25.9. The average Bonchev–Trinajstić information content (AvgIpc) is 3.72. The van der Waals surface area contributed by atoms with E-state index in [0.29, 0.717) is 30.1 Å². The SMILES string of the molecule is O=C(Nc1ncnn2c([C@@H]3O[C@H](CCc4ccccc4)[C@@H](OCc4ccccc4)[C@H]3OCc3ccccc3)ccc12)c1ccccc1. The Morgan fingerprint density at radius 3 is 1.91 bits per heavy atom. The quantitative estimate of drug-likeness (QED) is 0.155. The van der Waals surface area contributed by atoms with Crippen molar-refractivity contribution >= 4 is 17.2 Å². The summed E-state index contributed by atoms with van der Waals surface area (Å²) in [5, 5.41) is 7.54. The third kappa shape index (κ3) is 7.15. The van der Waals surface area contributed by atoms with Crippen LogP contribution in [0, 0.1) is 0 Å². The van der Waals surface area contributed by atoms with Crippen LogP contribution in [-0.2, 0) is 33.8 Å². The molecule has 4 aromatic carbocycles. The van der Waals surface area contributed by atoms with Crippen molar-refractivity contribution in [2.24, 2.45) is 0 Å². The van der Waals surface area contributed by atoms with Crippen molar-refractivity contribution in [3.05, 3.63) is 168 Å². The Balaban J connectivity index is 1.21. The van der Waals surface area contributed by atoms with Crippen LogP contribution in [0.3, 0.4) is 0 Å². The van der Waals surface area contributed by atoms with Gasteiger partial charge in [0.05, 0.1) is 25.0 Å². The van der Waals surface area contributed by atoms with Gasteiger partial charge in [0.2, 0.25) is 0 Å². The Morgan fingerprint density at radius 1 is 0.702 bits per heavy atom. The first-order valence-corrected chi connectivity index (χ1v) is 15.9. The predicted octanol–water partition coefficient (Wildman–Crippen LogP) is 7.23. The fourth-order valence-corrected chi connectivity index (χ4v) is 6.10. The number of aromatic nitrogens is 3. The van der Waals surface area contributed by atoms with Crippen molar-refractivity contribution in [3.63, 3.8) is 0 Å². The number of amides is 1. The summed E-state index contributed by atoms with van der Waals surface area (Å²) in [7, 11) is 0. The van der Waals surface area contributed by atoms with E-state index < -0.39 is 12.2 Å². The molecule has 1 aliphatic heterocycles. The van der Waals surface area contributed by atoms with Crippen molar-refractivity contribution < 1.29 is 19.0 Å². The van der Waals surface area contributed by atoms with E-state index in [2.05, 4.69) is 63.9 Å². The second-order valence-corrected chi connectivity index (χ2v) is 11.6. The Bertz CT molecular complexity index is 1880. The molecule has 0 spiro atoms. The van der Waals surface area contributed by atoms with Crippen LogP contribution in [-0.4, -0.2) is 38.8 Å². The van der Waals surface area contributed by atoms with E-state index in [0.717, 1.165) is 29.7 Å². The highest BCUT2D eigenvalue weighted by Crippen LogP contribution is 2.40. The first-order valence-electron chi connectivity index (χ1n) is 15.9. The number of hydrogen-bond donors (Lipinski definition) is 1. The molecule has 6 aromatic rings. The Morgan fingerprint density at radius 2 is 1.28 bits per heavy atom. The molecular weight excluding hydrogens is 588 g/mol. The van der Waals surface area contributed by atoms with E-state index in [4.69, 9.17) is 14.2 Å². The van der Waals surface area contributed by atoms with E-state index in [1.54, 1.807) is 16.6 Å². The second-order valence-electron chi connectivity index (χ2n) is 11.6. The van der Waals surface area contributed by atoms with Crippen LogP contribution >= 0.6 is 0 Å². The summed E-state index contributed by atoms with van der Waals surface area (Å²) in [6.07, 6.45) is 1.52. The van der Waals surface area contributed by atoms with Gasteiger partial charge in [-0.2, -0.15) is 5.10 Å². The van der Waals surface area contributed by atoms with Gasteiger partial charge in [-0.3, -0.25) is 4.79 Å². The van der Waals surface area contributed by atoms with Gasteiger partial charge in [-0.15, -0.1) is 0 Å². The zero-order chi connectivity index (χ0) is 31.8. The Kier molecular flexibility index (Phi) is 9.42. The largest absolute Gasteiger partial charge is 0.368 e. The number of carbonyl (C=O) groups excluding carboxylic acids is 1. The minimum absolute atomic E-state index is 0.241. The van der Waals surface area contributed by atoms with E-state index in [1.807, 2.05) is 72.8 Å². The summed E-state index contributed by atoms with van der Waals surface area (Å²) in [5.41, 5.74) is 5.39. The van der Waals surface area contributed by atoms with Gasteiger partial charge in [0.15, 0.2) is 5.82 Å². The fraction of sp³-hybridized carbons (Fsp3) is 0.205. The molecule has 1 N–H and O–H groups in total. The number of aryl methyl sites for hydroxylation is 1. The summed E-state index contributed by atoms with van der Waals surface area (Å²) in [6.45, 7) is 0.833. The summed E-state index contributed by atoms with van der Waals surface area (Å²) >= 11 is 0. The molecule has 8 nitrogen and oxygen atoms in total. The molecule has 1 fully saturated rings. The van der Waals surface area contributed by atoms with Crippen LogP contribution in [0.2, 0.25) is 0 Å². The maximum absolute atomic E-state index is 13.0. The number of carbonyl (C=O) groups is 1. The van der Waals surface area contributed by atoms with E-state index >= 15 is 0 Å². The van der Waals surface area contributed by atoms with Crippen LogP contribution in [0.1, 0.15) is 45.3 Å². The second kappa shape index (κ2) is 14.5. The molecule has 1 amide bonds. The summed E-state index contributed by atoms with van der Waals surface area (Å²) in [5.74, 6) is 0.169. The van der Waals surface area contributed by atoms with Crippen molar-refractivity contribution in [2.75, 3.05) is 5.32 Å². The molecule has 236 valence electrons. The lowest BCUT2D eigenvalue weighted by Gasteiger charge is -2.25. The van der Waals surface area contributed by atoms with Crippen molar-refractivity contribution in [2.45, 2.75) is 50.5 Å². The molecule has 0 radical (unpaired) electrons. The smallest absolute Gasteiger partial charge is 0.256 e. The van der Waals surface area contributed by atoms with Gasteiger partial charge in [-0.1, -0.05) is 109 Å². The number of anilines is 1. The van der Waals surface area contributed by atoms with Gasteiger partial charge in [-0.05, 0) is 53.8 Å². The number of benzene rings is 4. The number of nitrogens with zero attached hydrogens (tertiary/aromatic N) is 3. The van der Waals surface area contributed by atoms with Gasteiger partial charge in [-0.25, -0.2) is 9.50 Å². The molecule has 2 aromatic heterocycles. The van der Waals surface area contributed by atoms with E-state index in [1.165, 1.54) is 11.9 Å². The standard InChI is InChI=1S/C39H36N4O4/c44-39(31-19-11-4-12-20-31)42-38-33-23-22-32(43(33)41-27-40-38)35-37(46-26-30-17-9-3-10-18-30)36(45-25-29-15-7-2-8-16-29)34(47-35)24-21-28-13-5-1-6-14-28/h1-20,22-23,27,34-37H,21,24-26H2,(H,40,41,42,44)/t34-,35+,36-,37+/m1/s1. The third-order valence-corrected chi connectivity index (χ3v) is 8.48. The molecule has 0 aliphatic carbocycles. The predicted molar refractivity (Wildman–Crippen MR) is 180 cm³/mol. The molecule has 1 saturated heterocycles. The first kappa shape index (κ1) is 30.5. The van der Waals surface area contributed by atoms with Crippen molar-refractivity contribution in [1.29, 1.82) is 0 Å². The summed E-state index contributed by atoms with van der Waals surface area (Å²) < 4.78 is 22.1. The highest BCUT2D eigenvalue weighted by Gasteiger charge is 2.48. The normalized spacial score (nSPS) is 19.1. The van der Waals surface area contributed by atoms with Gasteiger partial charge >= 0.3 is 0 Å². The molecule has 4 atom stereocenters. The van der Waals surface area contributed by atoms with Crippen molar-refractivity contribution in [3.8, 4) is 0 Å². The highest BCUT2D eigenvalue weighted by atomic mass is 16.6. The number of rotatable bonds is 12. The lowest BCUT2D eigenvalue weighted by molar-refractivity contribution is -0.0801. The highest BCUT2D eigenvalue weighted by molar-refractivity contribution is 6.05. The Labute approximate surface area is 274 Å². The minimum Gasteiger partial charge on any atom is -0.368 e. The van der Waals surface area contributed by atoms with Crippen LogP contribution in [0.25, 0.3) is 5.52 Å². The average molecular weight is 625 g/mol. The molecule has 0 saturated carbocycles. The maximum atomic E-state index is 13.0. The van der Waals surface area contributed by atoms with Gasteiger partial charge in [0.25, 0.3) is 5.91 Å². The molecular formula is C39H36N4O4. The lowest BCUT2D eigenvalue weighted by Crippen LogP contribution is -2.36. The summed E-state index contributed by atoms with van der Waals surface area (Å²) in [4.78, 5) is 17.4. The van der Waals surface area contributed by atoms with E-state index in [-0.39, 0.29) is 18.1 Å². The lowest BCUT2D eigenvalue weighted by atomic mass is 10.00. The Hall–Kier alpha value is -5.15. The molecule has 8 heteroatoms. The number of hydrogen-bond acceptors (Lipinski definition) is 6. The minimum atomic E-state index is -0.490. The monoisotopic (exact) mass is 624 g/mol. The van der Waals surface area contributed by atoms with Crippen LogP contribution in [0.15, 0.2) is 140 Å². The van der Waals surface area contributed by atoms with Gasteiger partial charge in [0.1, 0.15) is 30.2 Å². The number of fused-ring (bicyclic) bond motifs is 1. The molecule has 0 bridgehead atoms. The number of nitrogens with one attached hydrogen (secondary N) is 1. The number of ether oxygens (including phenoxy) is 3.